The molecule has 5 nitrogen and oxygen atoms in total. The van der Waals surface area contributed by atoms with Gasteiger partial charge in [-0.25, -0.2) is 0 Å². The van der Waals surface area contributed by atoms with Crippen molar-refractivity contribution >= 4 is 11.6 Å². The Balaban J connectivity index is 1.24. The maximum atomic E-state index is 12.3. The molecule has 2 aromatic rings. The molecule has 0 aromatic heterocycles. The molecule has 130 valence electrons. The normalized spacial score (nSPS) is 20.6. The van der Waals surface area contributed by atoms with Crippen LogP contribution in [0.25, 0.3) is 0 Å². The number of anilines is 1. The van der Waals surface area contributed by atoms with Gasteiger partial charge in [-0.15, -0.1) is 0 Å². The summed E-state index contributed by atoms with van der Waals surface area (Å²) in [4.78, 5) is 12.3. The number of para-hydroxylation sites is 1. The van der Waals surface area contributed by atoms with Crippen LogP contribution in [0.5, 0.6) is 11.5 Å². The molecule has 2 aliphatic rings. The minimum atomic E-state index is 0.0688. The average molecular weight is 338 g/mol. The fourth-order valence-corrected chi connectivity index (χ4v) is 3.22. The first-order chi connectivity index (χ1) is 12.3. The molecule has 0 saturated heterocycles. The van der Waals surface area contributed by atoms with Crippen molar-refractivity contribution in [1.29, 1.82) is 0 Å². The zero-order valence-corrected chi connectivity index (χ0v) is 14.0. The average Bonchev–Trinajstić information content (AvgIpc) is 3.46. The lowest BCUT2D eigenvalue weighted by Crippen LogP contribution is -2.30. The van der Waals surface area contributed by atoms with E-state index in [4.69, 9.17) is 9.47 Å². The van der Waals surface area contributed by atoms with E-state index in [0.717, 1.165) is 35.7 Å². The molecule has 2 atom stereocenters. The number of nitrogens with one attached hydrogen (secondary N) is 2. The molecule has 0 radical (unpaired) electrons. The van der Waals surface area contributed by atoms with E-state index in [1.807, 2.05) is 48.5 Å². The molecule has 1 aliphatic heterocycles. The van der Waals surface area contributed by atoms with Crippen molar-refractivity contribution in [3.8, 4) is 11.5 Å². The Morgan fingerprint density at radius 1 is 1.00 bits per heavy atom. The highest BCUT2D eigenvalue weighted by atomic mass is 16.6. The molecule has 1 saturated carbocycles. The van der Waals surface area contributed by atoms with Gasteiger partial charge in [0.15, 0.2) is 11.5 Å². The first-order valence-corrected chi connectivity index (χ1v) is 8.77. The number of hydrogen-bond donors (Lipinski definition) is 2. The summed E-state index contributed by atoms with van der Waals surface area (Å²) in [7, 11) is 0. The fraction of sp³-hybridized carbons (Fsp3) is 0.350. The zero-order valence-electron chi connectivity index (χ0n) is 14.0. The Bertz CT molecular complexity index is 748. The van der Waals surface area contributed by atoms with Gasteiger partial charge in [-0.1, -0.05) is 24.3 Å². The third kappa shape index (κ3) is 3.71. The summed E-state index contributed by atoms with van der Waals surface area (Å²) in [5.74, 6) is 2.08. The van der Waals surface area contributed by atoms with Crippen LogP contribution in [0, 0.1) is 5.92 Å². The molecule has 25 heavy (non-hydrogen) atoms. The van der Waals surface area contributed by atoms with E-state index in [0.29, 0.717) is 19.8 Å². The van der Waals surface area contributed by atoms with Crippen LogP contribution in [-0.2, 0) is 4.79 Å². The molecule has 1 aliphatic carbocycles. The third-order valence-corrected chi connectivity index (χ3v) is 4.65. The minimum absolute atomic E-state index is 0.0688. The van der Waals surface area contributed by atoms with Crippen LogP contribution in [0.1, 0.15) is 17.9 Å². The quantitative estimate of drug-likeness (QED) is 0.795. The van der Waals surface area contributed by atoms with Crippen LogP contribution in [0.4, 0.5) is 5.69 Å². The topological polar surface area (TPSA) is 59.6 Å². The number of amides is 1. The maximum absolute atomic E-state index is 12.3. The van der Waals surface area contributed by atoms with Crippen LogP contribution in [-0.4, -0.2) is 32.2 Å². The summed E-state index contributed by atoms with van der Waals surface area (Å²) >= 11 is 0. The van der Waals surface area contributed by atoms with Crippen LogP contribution in [0.2, 0.25) is 0 Å². The fourth-order valence-electron chi connectivity index (χ4n) is 3.22. The maximum Gasteiger partial charge on any atom is 0.223 e. The van der Waals surface area contributed by atoms with Crippen LogP contribution in [0.3, 0.4) is 0 Å². The lowest BCUT2D eigenvalue weighted by molar-refractivity contribution is -0.122. The monoisotopic (exact) mass is 338 g/mol. The molecule has 5 heteroatoms. The number of benzene rings is 2. The lowest BCUT2D eigenvalue weighted by Gasteiger charge is -2.18. The van der Waals surface area contributed by atoms with Gasteiger partial charge in [0.25, 0.3) is 0 Å². The van der Waals surface area contributed by atoms with Gasteiger partial charge in [-0.05, 0) is 42.2 Å². The highest BCUT2D eigenvalue weighted by Gasteiger charge is 2.44. The van der Waals surface area contributed by atoms with E-state index in [1.165, 1.54) is 0 Å². The summed E-state index contributed by atoms with van der Waals surface area (Å²) in [6.07, 6.45) is 0.900. The van der Waals surface area contributed by atoms with Crippen LogP contribution in [0.15, 0.2) is 48.5 Å². The van der Waals surface area contributed by atoms with Gasteiger partial charge < -0.3 is 20.1 Å². The van der Waals surface area contributed by atoms with Crippen molar-refractivity contribution in [2.75, 3.05) is 31.6 Å². The van der Waals surface area contributed by atoms with Gasteiger partial charge in [0.2, 0.25) is 5.91 Å². The second-order valence-corrected chi connectivity index (χ2v) is 6.44. The summed E-state index contributed by atoms with van der Waals surface area (Å²) in [6, 6.07) is 16.0. The molecule has 1 fully saturated rings. The van der Waals surface area contributed by atoms with E-state index in [2.05, 4.69) is 10.6 Å². The molecular weight excluding hydrogens is 316 g/mol. The predicted molar refractivity (Wildman–Crippen MR) is 96.2 cm³/mol. The van der Waals surface area contributed by atoms with Gasteiger partial charge in [0.1, 0.15) is 13.2 Å². The Morgan fingerprint density at radius 2 is 1.80 bits per heavy atom. The van der Waals surface area contributed by atoms with E-state index < -0.39 is 0 Å². The number of carbonyl (C=O) groups is 1. The summed E-state index contributed by atoms with van der Waals surface area (Å²) in [5.41, 5.74) is 2.23. The van der Waals surface area contributed by atoms with Crippen molar-refractivity contribution in [1.82, 2.24) is 5.32 Å². The second-order valence-electron chi connectivity index (χ2n) is 6.44. The van der Waals surface area contributed by atoms with Crippen LogP contribution < -0.4 is 20.1 Å². The highest BCUT2D eigenvalue weighted by molar-refractivity contribution is 5.83. The Kier molecular flexibility index (Phi) is 4.46. The SMILES string of the molecule is O=C(NCCNc1ccccc1)[C@@H]1C[C@@H]1c1ccc2c(c1)OCCO2. The van der Waals surface area contributed by atoms with Crippen molar-refractivity contribution < 1.29 is 14.3 Å². The number of hydrogen-bond acceptors (Lipinski definition) is 4. The van der Waals surface area contributed by atoms with E-state index in [-0.39, 0.29) is 17.7 Å². The van der Waals surface area contributed by atoms with Crippen molar-refractivity contribution in [2.45, 2.75) is 12.3 Å². The van der Waals surface area contributed by atoms with E-state index in [1.54, 1.807) is 0 Å². The van der Waals surface area contributed by atoms with Gasteiger partial charge in [-0.3, -0.25) is 4.79 Å². The summed E-state index contributed by atoms with van der Waals surface area (Å²) < 4.78 is 11.2. The van der Waals surface area contributed by atoms with Crippen molar-refractivity contribution in [2.24, 2.45) is 5.92 Å². The van der Waals surface area contributed by atoms with E-state index in [9.17, 15) is 4.79 Å². The largest absolute Gasteiger partial charge is 0.486 e. The third-order valence-electron chi connectivity index (χ3n) is 4.65. The number of ether oxygens (including phenoxy) is 2. The smallest absolute Gasteiger partial charge is 0.223 e. The highest BCUT2D eigenvalue weighted by Crippen LogP contribution is 2.49. The molecule has 1 amide bonds. The van der Waals surface area contributed by atoms with Crippen molar-refractivity contribution in [3.05, 3.63) is 54.1 Å². The summed E-state index contributed by atoms with van der Waals surface area (Å²) in [5, 5.41) is 6.31. The standard InChI is InChI=1S/C20H22N2O3/c23-20(22-9-8-21-15-4-2-1-3-5-15)17-13-16(17)14-6-7-18-19(12-14)25-11-10-24-18/h1-7,12,16-17,21H,8-11,13H2,(H,22,23)/t16-,17-/m1/s1. The van der Waals surface area contributed by atoms with Gasteiger partial charge >= 0.3 is 0 Å². The molecule has 1 heterocycles. The zero-order chi connectivity index (χ0) is 17.1. The second kappa shape index (κ2) is 7.05. The Labute approximate surface area is 147 Å². The molecule has 2 N–H and O–H groups in total. The van der Waals surface area contributed by atoms with E-state index >= 15 is 0 Å². The lowest BCUT2D eigenvalue weighted by atomic mass is 10.1. The minimum Gasteiger partial charge on any atom is -0.486 e. The van der Waals surface area contributed by atoms with Gasteiger partial charge in [0, 0.05) is 24.7 Å². The molecule has 0 bridgehead atoms. The summed E-state index contributed by atoms with van der Waals surface area (Å²) in [6.45, 7) is 2.52. The molecule has 2 aromatic carbocycles. The first-order valence-electron chi connectivity index (χ1n) is 8.77. The molecule has 4 rings (SSSR count). The van der Waals surface area contributed by atoms with Gasteiger partial charge in [0.05, 0.1) is 0 Å². The van der Waals surface area contributed by atoms with Gasteiger partial charge in [-0.2, -0.15) is 0 Å². The Hall–Kier alpha value is -2.69. The number of carbonyl (C=O) groups excluding carboxylic acids is 1. The molecule has 0 spiro atoms. The predicted octanol–water partition coefficient (Wildman–Crippen LogP) is 2.79. The van der Waals surface area contributed by atoms with Crippen molar-refractivity contribution in [3.63, 3.8) is 0 Å². The molecular formula is C20H22N2O3. The first kappa shape index (κ1) is 15.8. The van der Waals surface area contributed by atoms with Crippen LogP contribution >= 0.6 is 0 Å². The number of fused-ring (bicyclic) bond motifs is 1. The number of rotatable bonds is 6. The molecule has 0 unspecified atom stereocenters. The Morgan fingerprint density at radius 3 is 2.64 bits per heavy atom.